The smallest absolute Gasteiger partial charge is 0.184 e. The van der Waals surface area contributed by atoms with Crippen molar-refractivity contribution in [3.05, 3.63) is 29.5 Å². The Balaban J connectivity index is 2.90. The van der Waals surface area contributed by atoms with Gasteiger partial charge in [-0.25, -0.2) is 9.97 Å². The highest BCUT2D eigenvalue weighted by molar-refractivity contribution is 5.51. The Morgan fingerprint density at radius 1 is 1.23 bits per heavy atom. The molecule has 0 bridgehead atoms. The number of nitrogens with zero attached hydrogens (tertiary/aromatic N) is 4. The minimum Gasteiger partial charge on any atom is -0.303 e. The Morgan fingerprint density at radius 2 is 1.85 bits per heavy atom. The SMILES string of the molecule is Cc1cn2cc(C)nc2c(C#N)n1. The first-order chi connectivity index (χ1) is 6.20. The average molecular weight is 172 g/mol. The maximum atomic E-state index is 8.80. The second-order valence-corrected chi connectivity index (χ2v) is 2.96. The molecule has 2 aromatic rings. The summed E-state index contributed by atoms with van der Waals surface area (Å²) in [7, 11) is 0. The van der Waals surface area contributed by atoms with Gasteiger partial charge in [0.15, 0.2) is 11.3 Å². The largest absolute Gasteiger partial charge is 0.303 e. The molecule has 0 saturated heterocycles. The quantitative estimate of drug-likeness (QED) is 0.600. The van der Waals surface area contributed by atoms with E-state index in [1.54, 1.807) is 0 Å². The van der Waals surface area contributed by atoms with Crippen molar-refractivity contribution in [3.8, 4) is 6.07 Å². The highest BCUT2D eigenvalue weighted by Gasteiger charge is 2.05. The van der Waals surface area contributed by atoms with Gasteiger partial charge in [-0.15, -0.1) is 0 Å². The predicted octanol–water partition coefficient (Wildman–Crippen LogP) is 1.22. The Bertz CT molecular complexity index is 504. The molecule has 0 radical (unpaired) electrons. The van der Waals surface area contributed by atoms with Crippen LogP contribution in [0.15, 0.2) is 12.4 Å². The number of aryl methyl sites for hydroxylation is 2. The van der Waals surface area contributed by atoms with Crippen LogP contribution in [0.25, 0.3) is 5.65 Å². The molecule has 0 fully saturated rings. The molecule has 4 heteroatoms. The molecule has 4 nitrogen and oxygen atoms in total. The third-order valence-corrected chi connectivity index (χ3v) is 1.78. The van der Waals surface area contributed by atoms with Gasteiger partial charge in [-0.2, -0.15) is 5.26 Å². The molecule has 0 amide bonds. The fraction of sp³-hybridized carbons (Fsp3) is 0.222. The van der Waals surface area contributed by atoms with Crippen LogP contribution in [-0.4, -0.2) is 14.4 Å². The lowest BCUT2D eigenvalue weighted by atomic mass is 10.4. The highest BCUT2D eigenvalue weighted by atomic mass is 15.0. The van der Waals surface area contributed by atoms with E-state index in [1.165, 1.54) is 0 Å². The summed E-state index contributed by atoms with van der Waals surface area (Å²) < 4.78 is 1.83. The summed E-state index contributed by atoms with van der Waals surface area (Å²) in [6.45, 7) is 3.75. The number of imidazole rings is 1. The molecule has 13 heavy (non-hydrogen) atoms. The first-order valence-electron chi connectivity index (χ1n) is 3.94. The van der Waals surface area contributed by atoms with Crippen LogP contribution in [0, 0.1) is 25.2 Å². The van der Waals surface area contributed by atoms with Gasteiger partial charge in [0.05, 0.1) is 11.4 Å². The standard InChI is InChI=1S/C9H8N4/c1-6-4-13-5-7(2)12-9(13)8(3-10)11-6/h4-5H,1-2H3. The van der Waals surface area contributed by atoms with Gasteiger partial charge in [0.1, 0.15) is 6.07 Å². The first-order valence-corrected chi connectivity index (χ1v) is 3.94. The Morgan fingerprint density at radius 3 is 2.46 bits per heavy atom. The van der Waals surface area contributed by atoms with E-state index in [0.29, 0.717) is 11.3 Å². The van der Waals surface area contributed by atoms with Crippen LogP contribution < -0.4 is 0 Å². The van der Waals surface area contributed by atoms with Crippen molar-refractivity contribution in [2.75, 3.05) is 0 Å². The van der Waals surface area contributed by atoms with Crippen LogP contribution >= 0.6 is 0 Å². The van der Waals surface area contributed by atoms with Gasteiger partial charge in [0, 0.05) is 12.4 Å². The van der Waals surface area contributed by atoms with Crippen molar-refractivity contribution in [3.63, 3.8) is 0 Å². The van der Waals surface area contributed by atoms with Gasteiger partial charge in [-0.1, -0.05) is 0 Å². The molecular weight excluding hydrogens is 164 g/mol. The molecular formula is C9H8N4. The van der Waals surface area contributed by atoms with E-state index in [-0.39, 0.29) is 0 Å². The summed E-state index contributed by atoms with van der Waals surface area (Å²) in [6, 6.07) is 2.03. The van der Waals surface area contributed by atoms with Gasteiger partial charge in [0.25, 0.3) is 0 Å². The molecule has 0 aliphatic heterocycles. The fourth-order valence-electron chi connectivity index (χ4n) is 1.32. The second kappa shape index (κ2) is 2.56. The van der Waals surface area contributed by atoms with E-state index < -0.39 is 0 Å². The Hall–Kier alpha value is -1.89. The van der Waals surface area contributed by atoms with Gasteiger partial charge >= 0.3 is 0 Å². The zero-order valence-corrected chi connectivity index (χ0v) is 7.44. The number of aromatic nitrogens is 3. The lowest BCUT2D eigenvalue weighted by Gasteiger charge is -1.96. The van der Waals surface area contributed by atoms with E-state index in [0.717, 1.165) is 11.4 Å². The summed E-state index contributed by atoms with van der Waals surface area (Å²) in [5.41, 5.74) is 2.73. The zero-order chi connectivity index (χ0) is 9.42. The third kappa shape index (κ3) is 1.14. The summed E-state index contributed by atoms with van der Waals surface area (Å²) >= 11 is 0. The van der Waals surface area contributed by atoms with Crippen LogP contribution in [0.5, 0.6) is 0 Å². The van der Waals surface area contributed by atoms with Gasteiger partial charge in [-0.3, -0.25) is 0 Å². The maximum Gasteiger partial charge on any atom is 0.184 e. The van der Waals surface area contributed by atoms with Crippen LogP contribution in [0.2, 0.25) is 0 Å². The molecule has 0 N–H and O–H groups in total. The Labute approximate surface area is 75.5 Å². The molecule has 2 aromatic heterocycles. The summed E-state index contributed by atoms with van der Waals surface area (Å²) in [5, 5.41) is 8.80. The molecule has 0 spiro atoms. The lowest BCUT2D eigenvalue weighted by Crippen LogP contribution is -1.94. The summed E-state index contributed by atoms with van der Waals surface area (Å²) in [5.74, 6) is 0. The molecule has 0 aromatic carbocycles. The normalized spacial score (nSPS) is 10.2. The summed E-state index contributed by atoms with van der Waals surface area (Å²) in [4.78, 5) is 8.29. The van der Waals surface area contributed by atoms with Crippen molar-refractivity contribution in [2.45, 2.75) is 13.8 Å². The van der Waals surface area contributed by atoms with E-state index >= 15 is 0 Å². The molecule has 0 aliphatic carbocycles. The number of fused-ring (bicyclic) bond motifs is 1. The van der Waals surface area contributed by atoms with Crippen molar-refractivity contribution in [2.24, 2.45) is 0 Å². The maximum absolute atomic E-state index is 8.80. The lowest BCUT2D eigenvalue weighted by molar-refractivity contribution is 1.05. The van der Waals surface area contributed by atoms with E-state index in [4.69, 9.17) is 5.26 Å². The predicted molar refractivity (Wildman–Crippen MR) is 47.2 cm³/mol. The number of hydrogen-bond donors (Lipinski definition) is 0. The van der Waals surface area contributed by atoms with Gasteiger partial charge in [-0.05, 0) is 13.8 Å². The topological polar surface area (TPSA) is 54.0 Å². The molecule has 0 saturated carbocycles. The van der Waals surface area contributed by atoms with Crippen molar-refractivity contribution in [1.29, 1.82) is 5.26 Å². The van der Waals surface area contributed by atoms with Crippen molar-refractivity contribution in [1.82, 2.24) is 14.4 Å². The Kier molecular flexibility index (Phi) is 1.52. The third-order valence-electron chi connectivity index (χ3n) is 1.78. The number of nitriles is 1. The van der Waals surface area contributed by atoms with Crippen LogP contribution in [-0.2, 0) is 0 Å². The average Bonchev–Trinajstić information content (AvgIpc) is 2.43. The monoisotopic (exact) mass is 172 g/mol. The fourth-order valence-corrected chi connectivity index (χ4v) is 1.32. The van der Waals surface area contributed by atoms with Crippen LogP contribution in [0.1, 0.15) is 17.1 Å². The highest BCUT2D eigenvalue weighted by Crippen LogP contribution is 2.08. The molecule has 2 rings (SSSR count). The van der Waals surface area contributed by atoms with Gasteiger partial charge < -0.3 is 4.40 Å². The minimum absolute atomic E-state index is 0.383. The van der Waals surface area contributed by atoms with E-state index in [2.05, 4.69) is 9.97 Å². The van der Waals surface area contributed by atoms with Crippen molar-refractivity contribution >= 4 is 5.65 Å². The molecule has 0 atom stereocenters. The number of hydrogen-bond acceptors (Lipinski definition) is 3. The van der Waals surface area contributed by atoms with Crippen molar-refractivity contribution < 1.29 is 0 Å². The van der Waals surface area contributed by atoms with E-state index in [1.807, 2.05) is 36.7 Å². The molecule has 64 valence electrons. The first kappa shape index (κ1) is 7.74. The number of rotatable bonds is 0. The molecule has 0 aliphatic rings. The molecule has 0 unspecified atom stereocenters. The minimum atomic E-state index is 0.383. The van der Waals surface area contributed by atoms with Crippen LogP contribution in [0.3, 0.4) is 0 Å². The van der Waals surface area contributed by atoms with E-state index in [9.17, 15) is 0 Å². The molecule has 2 heterocycles. The van der Waals surface area contributed by atoms with Gasteiger partial charge in [0.2, 0.25) is 0 Å². The van der Waals surface area contributed by atoms with Crippen LogP contribution in [0.4, 0.5) is 0 Å². The summed E-state index contributed by atoms with van der Waals surface area (Å²) in [6.07, 6.45) is 3.74. The zero-order valence-electron chi connectivity index (χ0n) is 7.44. The second-order valence-electron chi connectivity index (χ2n) is 2.96.